The maximum Gasteiger partial charge on any atom is 0.236 e. The molecule has 2 fully saturated rings. The third-order valence-electron chi connectivity index (χ3n) is 7.36. The van der Waals surface area contributed by atoms with Crippen LogP contribution in [0.3, 0.4) is 0 Å². The van der Waals surface area contributed by atoms with Crippen molar-refractivity contribution in [3.8, 4) is 11.4 Å². The standard InChI is InChI=1S/C28H29BSi/c1-4-16-26(17-5-1)30(27-18-6-2-7-19-27,28-20-8-3-9-21-28)23-22-29-24-12-10-13-25(29)15-11-14-24/h1-9,16-21,24-25H,10-15H2. The van der Waals surface area contributed by atoms with Gasteiger partial charge in [0.25, 0.3) is 0 Å². The molecule has 2 saturated heterocycles. The first-order valence-corrected chi connectivity index (χ1v) is 13.6. The zero-order valence-corrected chi connectivity index (χ0v) is 18.6. The molecule has 0 amide bonds. The van der Waals surface area contributed by atoms with Gasteiger partial charge in [0.1, 0.15) is 0 Å². The van der Waals surface area contributed by atoms with E-state index in [1.165, 1.54) is 54.1 Å². The third-order valence-corrected chi connectivity index (χ3v) is 11.5. The zero-order chi connectivity index (χ0) is 20.2. The topological polar surface area (TPSA) is 0 Å². The number of hydrogen-bond donors (Lipinski definition) is 0. The Morgan fingerprint density at radius 2 is 0.933 bits per heavy atom. The van der Waals surface area contributed by atoms with Gasteiger partial charge in [0.15, 0.2) is 0 Å². The summed E-state index contributed by atoms with van der Waals surface area (Å²) in [5, 5.41) is 4.20. The molecule has 30 heavy (non-hydrogen) atoms. The summed E-state index contributed by atoms with van der Waals surface area (Å²) < 4.78 is 0. The lowest BCUT2D eigenvalue weighted by molar-refractivity contribution is 0.448. The minimum Gasteiger partial charge on any atom is -0.160 e. The van der Waals surface area contributed by atoms with Crippen molar-refractivity contribution in [2.45, 2.75) is 50.2 Å². The van der Waals surface area contributed by atoms with Gasteiger partial charge in [0.2, 0.25) is 14.8 Å². The predicted molar refractivity (Wildman–Crippen MR) is 133 cm³/mol. The maximum atomic E-state index is 4.07. The fraction of sp³-hybridized carbons (Fsp3) is 0.286. The summed E-state index contributed by atoms with van der Waals surface area (Å²) in [5.41, 5.74) is 4.07. The molecule has 2 bridgehead atoms. The van der Waals surface area contributed by atoms with Gasteiger partial charge in [-0.2, -0.15) is 5.82 Å². The first-order valence-electron chi connectivity index (χ1n) is 11.6. The van der Waals surface area contributed by atoms with Crippen LogP contribution < -0.4 is 15.6 Å². The second-order valence-corrected chi connectivity index (χ2v) is 12.5. The highest BCUT2D eigenvalue weighted by atomic mass is 28.3. The van der Waals surface area contributed by atoms with Gasteiger partial charge in [-0.25, -0.2) is 0 Å². The van der Waals surface area contributed by atoms with Crippen molar-refractivity contribution < 1.29 is 0 Å². The van der Waals surface area contributed by atoms with Crippen LogP contribution in [0.1, 0.15) is 38.5 Å². The summed E-state index contributed by atoms with van der Waals surface area (Å²) in [5.74, 6) is 5.61. The second kappa shape index (κ2) is 8.70. The van der Waals surface area contributed by atoms with Crippen molar-refractivity contribution in [3.63, 3.8) is 0 Å². The van der Waals surface area contributed by atoms with Crippen LogP contribution in [0.4, 0.5) is 0 Å². The van der Waals surface area contributed by atoms with Crippen molar-refractivity contribution in [2.75, 3.05) is 0 Å². The van der Waals surface area contributed by atoms with Crippen LogP contribution in [-0.4, -0.2) is 14.8 Å². The monoisotopic (exact) mass is 404 g/mol. The quantitative estimate of drug-likeness (QED) is 0.333. The van der Waals surface area contributed by atoms with Crippen LogP contribution in [0, 0.1) is 11.4 Å². The van der Waals surface area contributed by atoms with Gasteiger partial charge in [-0.15, -0.1) is 5.54 Å². The summed E-state index contributed by atoms with van der Waals surface area (Å²) in [6, 6.07) is 33.3. The van der Waals surface area contributed by atoms with E-state index >= 15 is 0 Å². The Morgan fingerprint density at radius 1 is 0.567 bits per heavy atom. The fourth-order valence-corrected chi connectivity index (χ4v) is 9.78. The molecule has 0 radical (unpaired) electrons. The average Bonchev–Trinajstić information content (AvgIpc) is 2.81. The summed E-state index contributed by atoms with van der Waals surface area (Å²) in [7, 11) is -2.42. The molecule has 0 aliphatic carbocycles. The van der Waals surface area contributed by atoms with Gasteiger partial charge >= 0.3 is 0 Å². The molecule has 2 aliphatic rings. The van der Waals surface area contributed by atoms with Crippen molar-refractivity contribution >= 4 is 30.3 Å². The van der Waals surface area contributed by atoms with Crippen molar-refractivity contribution in [2.24, 2.45) is 0 Å². The second-order valence-electron chi connectivity index (χ2n) is 9.03. The van der Waals surface area contributed by atoms with Gasteiger partial charge in [0.05, 0.1) is 0 Å². The van der Waals surface area contributed by atoms with E-state index in [0.29, 0.717) is 6.71 Å². The van der Waals surface area contributed by atoms with E-state index in [-0.39, 0.29) is 0 Å². The highest BCUT2D eigenvalue weighted by Crippen LogP contribution is 2.45. The van der Waals surface area contributed by atoms with Crippen molar-refractivity contribution in [1.82, 2.24) is 0 Å². The minimum absolute atomic E-state index is 0.593. The Labute approximate surface area is 182 Å². The molecular weight excluding hydrogens is 375 g/mol. The third kappa shape index (κ3) is 3.57. The molecule has 0 unspecified atom stereocenters. The van der Waals surface area contributed by atoms with E-state index in [4.69, 9.17) is 0 Å². The van der Waals surface area contributed by atoms with Gasteiger partial charge < -0.3 is 0 Å². The van der Waals surface area contributed by atoms with Crippen LogP contribution >= 0.6 is 0 Å². The Morgan fingerprint density at radius 3 is 1.30 bits per heavy atom. The molecule has 2 heteroatoms. The molecule has 2 heterocycles. The largest absolute Gasteiger partial charge is 0.236 e. The van der Waals surface area contributed by atoms with E-state index in [2.05, 4.69) is 102 Å². The molecule has 5 rings (SSSR count). The highest BCUT2D eigenvalue weighted by Gasteiger charge is 2.41. The molecule has 0 aromatic heterocycles. The minimum atomic E-state index is -2.42. The summed E-state index contributed by atoms with van der Waals surface area (Å²) >= 11 is 0. The van der Waals surface area contributed by atoms with Crippen LogP contribution in [0.2, 0.25) is 11.6 Å². The summed E-state index contributed by atoms with van der Waals surface area (Å²) in [4.78, 5) is 0. The average molecular weight is 404 g/mol. The Bertz CT molecular complexity index is 901. The van der Waals surface area contributed by atoms with E-state index in [1.54, 1.807) is 0 Å². The van der Waals surface area contributed by atoms with Gasteiger partial charge in [-0.3, -0.25) is 0 Å². The molecule has 0 saturated carbocycles. The SMILES string of the molecule is C(#C[Si](c1ccccc1)(c1ccccc1)c1ccccc1)B1C2CCCC1CCC2. The molecular formula is C28H29BSi. The molecule has 148 valence electrons. The molecule has 3 aromatic rings. The lowest BCUT2D eigenvalue weighted by atomic mass is 9.28. The van der Waals surface area contributed by atoms with E-state index in [0.717, 1.165) is 11.6 Å². The van der Waals surface area contributed by atoms with Crippen LogP contribution in [0.15, 0.2) is 91.0 Å². The molecule has 0 spiro atoms. The Kier molecular flexibility index (Phi) is 5.65. The molecule has 2 aliphatic heterocycles. The van der Waals surface area contributed by atoms with E-state index in [9.17, 15) is 0 Å². The van der Waals surface area contributed by atoms with Crippen molar-refractivity contribution in [1.29, 1.82) is 0 Å². The number of benzene rings is 3. The molecule has 0 atom stereocenters. The summed E-state index contributed by atoms with van der Waals surface area (Å²) in [6.45, 7) is 0.593. The maximum absolute atomic E-state index is 4.07. The first kappa shape index (κ1) is 19.5. The first-order chi connectivity index (χ1) is 14.9. The molecule has 3 aromatic carbocycles. The predicted octanol–water partition coefficient (Wildman–Crippen LogP) is 4.84. The lowest BCUT2D eigenvalue weighted by Crippen LogP contribution is -2.66. The van der Waals surface area contributed by atoms with Gasteiger partial charge in [0, 0.05) is 0 Å². The smallest absolute Gasteiger partial charge is 0.160 e. The number of rotatable bonds is 3. The number of hydrogen-bond acceptors (Lipinski definition) is 0. The van der Waals surface area contributed by atoms with Gasteiger partial charge in [-0.1, -0.05) is 130 Å². The highest BCUT2D eigenvalue weighted by molar-refractivity contribution is 7.17. The van der Waals surface area contributed by atoms with Crippen LogP contribution in [0.5, 0.6) is 0 Å². The molecule has 0 N–H and O–H groups in total. The number of fused-ring (bicyclic) bond motifs is 2. The Hall–Kier alpha value is -2.50. The van der Waals surface area contributed by atoms with Crippen LogP contribution in [-0.2, 0) is 0 Å². The van der Waals surface area contributed by atoms with E-state index < -0.39 is 8.07 Å². The molecule has 0 nitrogen and oxygen atoms in total. The zero-order valence-electron chi connectivity index (χ0n) is 17.6. The fourth-order valence-electron chi connectivity index (χ4n) is 5.88. The van der Waals surface area contributed by atoms with Crippen molar-refractivity contribution in [3.05, 3.63) is 91.0 Å². The van der Waals surface area contributed by atoms with Gasteiger partial charge in [-0.05, 0) is 27.2 Å². The van der Waals surface area contributed by atoms with Crippen LogP contribution in [0.25, 0.3) is 0 Å². The normalized spacial score (nSPS) is 20.9. The van der Waals surface area contributed by atoms with E-state index in [1.807, 2.05) is 0 Å². The Balaban J connectivity index is 1.71. The summed E-state index contributed by atoms with van der Waals surface area (Å²) in [6.07, 6.45) is 8.34. The lowest BCUT2D eigenvalue weighted by Gasteiger charge is -2.38.